The van der Waals surface area contributed by atoms with Gasteiger partial charge in [-0.15, -0.1) is 0 Å². The lowest BCUT2D eigenvalue weighted by molar-refractivity contribution is 0.593. The molecule has 0 atom stereocenters. The largest absolute Gasteiger partial charge is 0.0892 e. The van der Waals surface area contributed by atoms with Crippen LogP contribution in [0.2, 0.25) is 19.6 Å². The summed E-state index contributed by atoms with van der Waals surface area (Å²) in [5.74, 6) is 0.843. The summed E-state index contributed by atoms with van der Waals surface area (Å²) in [5, 5.41) is 1.80. The number of hydrogen-bond donors (Lipinski definition) is 0. The van der Waals surface area contributed by atoms with Crippen molar-refractivity contribution in [1.82, 2.24) is 0 Å². The van der Waals surface area contributed by atoms with E-state index in [2.05, 4.69) is 46.5 Å². The monoisotopic (exact) mass is 226 g/mol. The summed E-state index contributed by atoms with van der Waals surface area (Å²) in [6.45, 7) is 14.3. The van der Waals surface area contributed by atoms with Crippen molar-refractivity contribution >= 4 is 8.07 Å². The number of unbranched alkanes of at least 4 members (excludes halogenated alkanes) is 1. The molecule has 0 aromatic heterocycles. The third-order valence-electron chi connectivity index (χ3n) is 2.90. The van der Waals surface area contributed by atoms with Crippen molar-refractivity contribution < 1.29 is 0 Å². The zero-order valence-electron chi connectivity index (χ0n) is 11.7. The summed E-state index contributed by atoms with van der Waals surface area (Å²) in [6, 6.07) is 0. The third-order valence-corrected chi connectivity index (χ3v) is 5.28. The molecule has 90 valence electrons. The minimum Gasteiger partial charge on any atom is -0.0892 e. The third kappa shape index (κ3) is 7.84. The van der Waals surface area contributed by atoms with E-state index >= 15 is 0 Å². The molecule has 0 rings (SSSR count). The maximum atomic E-state index is 2.56. The summed E-state index contributed by atoms with van der Waals surface area (Å²) < 4.78 is 0. The predicted molar refractivity (Wildman–Crippen MR) is 75.0 cm³/mol. The second kappa shape index (κ2) is 7.27. The van der Waals surface area contributed by atoms with Gasteiger partial charge in [0, 0.05) is 0 Å². The van der Waals surface area contributed by atoms with E-state index in [1.54, 1.807) is 5.20 Å². The van der Waals surface area contributed by atoms with Gasteiger partial charge in [0.05, 0.1) is 8.07 Å². The summed E-state index contributed by atoms with van der Waals surface area (Å²) >= 11 is 0. The lowest BCUT2D eigenvalue weighted by Gasteiger charge is -2.21. The Hall–Kier alpha value is -0.0431. The van der Waals surface area contributed by atoms with Crippen molar-refractivity contribution in [1.29, 1.82) is 0 Å². The molecule has 0 amide bonds. The van der Waals surface area contributed by atoms with Crippen molar-refractivity contribution in [3.8, 4) is 0 Å². The summed E-state index contributed by atoms with van der Waals surface area (Å²) in [5.41, 5.74) is 0. The van der Waals surface area contributed by atoms with Gasteiger partial charge in [-0.2, -0.15) is 0 Å². The standard InChI is InChI=1S/C14H30Si/c1-7-8-11-14(15(4,5)6)12-9-10-13(2)3/h12-13H,7-11H2,1-6H3/b14-12-. The highest BCUT2D eigenvalue weighted by atomic mass is 28.3. The van der Waals surface area contributed by atoms with Crippen molar-refractivity contribution in [3.63, 3.8) is 0 Å². The molecular weight excluding hydrogens is 196 g/mol. The van der Waals surface area contributed by atoms with E-state index in [4.69, 9.17) is 0 Å². The molecule has 0 saturated carbocycles. The topological polar surface area (TPSA) is 0 Å². The first-order valence-corrected chi connectivity index (χ1v) is 10.1. The predicted octanol–water partition coefficient (Wildman–Crippen LogP) is 5.42. The molecule has 15 heavy (non-hydrogen) atoms. The minimum absolute atomic E-state index is 0.843. The van der Waals surface area contributed by atoms with Gasteiger partial charge in [0.25, 0.3) is 0 Å². The maximum absolute atomic E-state index is 2.56. The molecule has 0 aliphatic carbocycles. The molecule has 0 aliphatic rings. The minimum atomic E-state index is -1.03. The lowest BCUT2D eigenvalue weighted by Crippen LogP contribution is -2.24. The zero-order chi connectivity index (χ0) is 11.9. The lowest BCUT2D eigenvalue weighted by atomic mass is 10.1. The van der Waals surface area contributed by atoms with Crippen molar-refractivity contribution in [2.24, 2.45) is 5.92 Å². The van der Waals surface area contributed by atoms with Crippen molar-refractivity contribution in [3.05, 3.63) is 11.3 Å². The second-order valence-electron chi connectivity index (χ2n) is 6.05. The Morgan fingerprint density at radius 2 is 1.80 bits per heavy atom. The molecule has 0 N–H and O–H groups in total. The van der Waals surface area contributed by atoms with Gasteiger partial charge in [0.2, 0.25) is 0 Å². The van der Waals surface area contributed by atoms with Crippen LogP contribution in [0.15, 0.2) is 11.3 Å². The number of hydrogen-bond acceptors (Lipinski definition) is 0. The van der Waals surface area contributed by atoms with E-state index in [0.717, 1.165) is 5.92 Å². The Morgan fingerprint density at radius 1 is 1.20 bits per heavy atom. The molecule has 0 heterocycles. The Balaban J connectivity index is 4.22. The molecular formula is C14H30Si. The molecule has 0 aromatic carbocycles. The highest BCUT2D eigenvalue weighted by Gasteiger charge is 2.18. The molecule has 1 heteroatoms. The Bertz CT molecular complexity index is 184. The average molecular weight is 226 g/mol. The van der Waals surface area contributed by atoms with Crippen LogP contribution >= 0.6 is 0 Å². The molecule has 0 bridgehead atoms. The van der Waals surface area contributed by atoms with Gasteiger partial charge in [0.1, 0.15) is 0 Å². The van der Waals surface area contributed by atoms with Crippen LogP contribution < -0.4 is 0 Å². The summed E-state index contributed by atoms with van der Waals surface area (Å²) in [6.07, 6.45) is 9.25. The van der Waals surface area contributed by atoms with E-state index in [1.165, 1.54) is 32.1 Å². The first-order valence-electron chi connectivity index (χ1n) is 6.57. The smallest absolute Gasteiger partial charge is 0.0720 e. The van der Waals surface area contributed by atoms with E-state index in [-0.39, 0.29) is 0 Å². The Kier molecular flexibility index (Phi) is 7.25. The Morgan fingerprint density at radius 3 is 2.20 bits per heavy atom. The van der Waals surface area contributed by atoms with Gasteiger partial charge in [-0.1, -0.05) is 64.5 Å². The fraction of sp³-hybridized carbons (Fsp3) is 0.857. The second-order valence-corrected chi connectivity index (χ2v) is 11.2. The van der Waals surface area contributed by atoms with E-state index in [1.807, 2.05) is 0 Å². The van der Waals surface area contributed by atoms with Gasteiger partial charge < -0.3 is 0 Å². The summed E-state index contributed by atoms with van der Waals surface area (Å²) in [7, 11) is -1.03. The fourth-order valence-corrected chi connectivity index (χ4v) is 3.42. The van der Waals surface area contributed by atoms with Gasteiger partial charge >= 0.3 is 0 Å². The highest BCUT2D eigenvalue weighted by molar-refractivity contribution is 6.83. The van der Waals surface area contributed by atoms with Crippen molar-refractivity contribution in [2.45, 2.75) is 72.5 Å². The van der Waals surface area contributed by atoms with Gasteiger partial charge in [0.15, 0.2) is 0 Å². The number of rotatable bonds is 7. The van der Waals surface area contributed by atoms with Crippen LogP contribution in [0.25, 0.3) is 0 Å². The van der Waals surface area contributed by atoms with Crippen LogP contribution in [0.5, 0.6) is 0 Å². The molecule has 0 nitrogen and oxygen atoms in total. The molecule has 0 fully saturated rings. The van der Waals surface area contributed by atoms with Crippen LogP contribution in [0.1, 0.15) is 52.9 Å². The van der Waals surface area contributed by atoms with Crippen LogP contribution in [0, 0.1) is 5.92 Å². The van der Waals surface area contributed by atoms with Crippen LogP contribution in [0.3, 0.4) is 0 Å². The zero-order valence-corrected chi connectivity index (χ0v) is 12.7. The quantitative estimate of drug-likeness (QED) is 0.509. The molecule has 0 aromatic rings. The molecule has 0 saturated heterocycles. The van der Waals surface area contributed by atoms with E-state index in [9.17, 15) is 0 Å². The molecule has 0 aliphatic heterocycles. The van der Waals surface area contributed by atoms with Gasteiger partial charge in [-0.05, 0) is 25.2 Å². The van der Waals surface area contributed by atoms with Crippen LogP contribution in [0.4, 0.5) is 0 Å². The molecule has 0 radical (unpaired) electrons. The Labute approximate surface area is 98.2 Å². The van der Waals surface area contributed by atoms with Gasteiger partial charge in [-0.25, -0.2) is 0 Å². The molecule has 0 unspecified atom stereocenters. The molecule has 0 spiro atoms. The van der Waals surface area contributed by atoms with Crippen molar-refractivity contribution in [2.75, 3.05) is 0 Å². The number of allylic oxidation sites excluding steroid dienone is 2. The average Bonchev–Trinajstić information content (AvgIpc) is 2.08. The SMILES string of the molecule is CCCC/C(=C/CCC(C)C)[Si](C)(C)C. The normalized spacial score (nSPS) is 13.7. The first kappa shape index (κ1) is 15.0. The van der Waals surface area contributed by atoms with E-state index < -0.39 is 8.07 Å². The van der Waals surface area contributed by atoms with Crippen LogP contribution in [-0.4, -0.2) is 8.07 Å². The van der Waals surface area contributed by atoms with Crippen LogP contribution in [-0.2, 0) is 0 Å². The first-order chi connectivity index (χ1) is 6.88. The van der Waals surface area contributed by atoms with Gasteiger partial charge in [-0.3, -0.25) is 0 Å². The maximum Gasteiger partial charge on any atom is 0.0720 e. The van der Waals surface area contributed by atoms with E-state index in [0.29, 0.717) is 0 Å². The highest BCUT2D eigenvalue weighted by Crippen LogP contribution is 2.22. The fourth-order valence-electron chi connectivity index (χ4n) is 1.74. The summed E-state index contributed by atoms with van der Waals surface area (Å²) in [4.78, 5) is 0.